The van der Waals surface area contributed by atoms with Gasteiger partial charge in [0.25, 0.3) is 11.6 Å². The number of amides is 1. The van der Waals surface area contributed by atoms with Crippen molar-refractivity contribution >= 4 is 11.6 Å². The minimum Gasteiger partial charge on any atom is -0.496 e. The number of carbonyl (C=O) groups excluding carboxylic acids is 1. The van der Waals surface area contributed by atoms with Crippen LogP contribution >= 0.6 is 0 Å². The van der Waals surface area contributed by atoms with E-state index in [1.165, 1.54) is 12.1 Å². The first-order valence-electron chi connectivity index (χ1n) is 8.46. The maximum atomic E-state index is 12.7. The molecule has 2 aromatic rings. The lowest BCUT2D eigenvalue weighted by Crippen LogP contribution is -2.48. The number of nitro groups is 1. The van der Waals surface area contributed by atoms with Crippen LogP contribution in [0.4, 0.5) is 5.69 Å². The van der Waals surface area contributed by atoms with E-state index in [2.05, 4.69) is 4.90 Å². The fraction of sp³-hybridized carbons (Fsp3) is 0.316. The highest BCUT2D eigenvalue weighted by Gasteiger charge is 2.24. The van der Waals surface area contributed by atoms with Gasteiger partial charge < -0.3 is 9.64 Å². The summed E-state index contributed by atoms with van der Waals surface area (Å²) < 4.78 is 5.28. The van der Waals surface area contributed by atoms with E-state index in [-0.39, 0.29) is 11.6 Å². The Hall–Kier alpha value is -2.93. The lowest BCUT2D eigenvalue weighted by Gasteiger charge is -2.35. The molecule has 1 fully saturated rings. The summed E-state index contributed by atoms with van der Waals surface area (Å²) in [5.41, 5.74) is 1.71. The Labute approximate surface area is 151 Å². The minimum atomic E-state index is -0.397. The van der Waals surface area contributed by atoms with E-state index >= 15 is 0 Å². The number of rotatable bonds is 5. The van der Waals surface area contributed by atoms with Gasteiger partial charge in [0.05, 0.1) is 17.6 Å². The monoisotopic (exact) mass is 355 g/mol. The summed E-state index contributed by atoms with van der Waals surface area (Å²) in [5.74, 6) is 0.572. The van der Waals surface area contributed by atoms with E-state index in [0.29, 0.717) is 30.9 Å². The molecule has 0 saturated carbocycles. The lowest BCUT2D eigenvalue weighted by atomic mass is 10.1. The number of hydrogen-bond acceptors (Lipinski definition) is 5. The van der Waals surface area contributed by atoms with Crippen molar-refractivity contribution < 1.29 is 14.5 Å². The second kappa shape index (κ2) is 7.97. The number of ether oxygens (including phenoxy) is 1. The van der Waals surface area contributed by atoms with Crippen LogP contribution in [0.1, 0.15) is 15.9 Å². The fourth-order valence-corrected chi connectivity index (χ4v) is 3.08. The molecule has 0 N–H and O–H groups in total. The van der Waals surface area contributed by atoms with Gasteiger partial charge in [-0.05, 0) is 17.7 Å². The molecule has 0 unspecified atom stereocenters. The Kier molecular flexibility index (Phi) is 5.48. The average Bonchev–Trinajstić information content (AvgIpc) is 2.68. The summed E-state index contributed by atoms with van der Waals surface area (Å²) in [7, 11) is 1.56. The summed E-state index contributed by atoms with van der Waals surface area (Å²) in [4.78, 5) is 27.1. The molecule has 1 heterocycles. The second-order valence-electron chi connectivity index (χ2n) is 6.19. The maximum absolute atomic E-state index is 12.7. The van der Waals surface area contributed by atoms with E-state index in [0.717, 1.165) is 18.7 Å². The van der Waals surface area contributed by atoms with Crippen molar-refractivity contribution in [3.05, 3.63) is 69.8 Å². The predicted molar refractivity (Wildman–Crippen MR) is 97.3 cm³/mol. The molecular formula is C19H21N3O4. The molecule has 136 valence electrons. The summed E-state index contributed by atoms with van der Waals surface area (Å²) in [6.07, 6.45) is 0. The number of hydrogen-bond donors (Lipinski definition) is 0. The molecule has 7 heteroatoms. The number of carbonyl (C=O) groups is 1. The Morgan fingerprint density at radius 3 is 2.35 bits per heavy atom. The highest BCUT2D eigenvalue weighted by molar-refractivity contribution is 5.97. The Morgan fingerprint density at radius 2 is 1.73 bits per heavy atom. The number of non-ortho nitro benzene ring substituents is 1. The fourth-order valence-electron chi connectivity index (χ4n) is 3.08. The van der Waals surface area contributed by atoms with Crippen molar-refractivity contribution in [3.8, 4) is 5.75 Å². The van der Waals surface area contributed by atoms with Crippen LogP contribution in [-0.4, -0.2) is 53.9 Å². The summed E-state index contributed by atoms with van der Waals surface area (Å²) in [6, 6.07) is 13.9. The smallest absolute Gasteiger partial charge is 0.269 e. The molecule has 1 saturated heterocycles. The van der Waals surface area contributed by atoms with E-state index in [1.54, 1.807) is 31.4 Å². The largest absolute Gasteiger partial charge is 0.496 e. The normalized spacial score (nSPS) is 14.9. The zero-order valence-electron chi connectivity index (χ0n) is 14.6. The molecule has 1 aliphatic heterocycles. The van der Waals surface area contributed by atoms with Crippen LogP contribution in [0.25, 0.3) is 0 Å². The Morgan fingerprint density at radius 1 is 1.08 bits per heavy atom. The van der Waals surface area contributed by atoms with Gasteiger partial charge in [-0.1, -0.05) is 24.3 Å². The molecule has 3 rings (SSSR count). The molecule has 7 nitrogen and oxygen atoms in total. The SMILES string of the molecule is COc1ccccc1C(=O)N1CCN(Cc2ccc([N+](=O)[O-])cc2)CC1. The van der Waals surface area contributed by atoms with Crippen molar-refractivity contribution in [2.45, 2.75) is 6.54 Å². The summed E-state index contributed by atoms with van der Waals surface area (Å²) in [6.45, 7) is 3.53. The second-order valence-corrected chi connectivity index (χ2v) is 6.19. The Bertz CT molecular complexity index is 784. The van der Waals surface area contributed by atoms with Gasteiger partial charge in [-0.2, -0.15) is 0 Å². The van der Waals surface area contributed by atoms with Crippen LogP contribution in [-0.2, 0) is 6.54 Å². The molecule has 0 aliphatic carbocycles. The molecule has 0 radical (unpaired) electrons. The van der Waals surface area contributed by atoms with Gasteiger partial charge in [-0.3, -0.25) is 19.8 Å². The molecule has 0 aromatic heterocycles. The third-order valence-corrected chi connectivity index (χ3v) is 4.55. The number of methoxy groups -OCH3 is 1. The molecule has 26 heavy (non-hydrogen) atoms. The number of nitrogens with zero attached hydrogens (tertiary/aromatic N) is 3. The number of para-hydroxylation sites is 1. The molecule has 0 spiro atoms. The quantitative estimate of drug-likeness (QED) is 0.609. The van der Waals surface area contributed by atoms with Crippen LogP contribution in [0.2, 0.25) is 0 Å². The number of benzene rings is 2. The van der Waals surface area contributed by atoms with Gasteiger partial charge in [0.2, 0.25) is 0 Å². The molecule has 1 amide bonds. The first-order chi connectivity index (χ1) is 12.6. The first kappa shape index (κ1) is 17.9. The van der Waals surface area contributed by atoms with Crippen molar-refractivity contribution in [1.29, 1.82) is 0 Å². The summed E-state index contributed by atoms with van der Waals surface area (Å²) >= 11 is 0. The predicted octanol–water partition coefficient (Wildman–Crippen LogP) is 2.56. The van der Waals surface area contributed by atoms with Gasteiger partial charge in [-0.25, -0.2) is 0 Å². The molecule has 1 aliphatic rings. The minimum absolute atomic E-state index is 0.0163. The van der Waals surface area contributed by atoms with Gasteiger partial charge >= 0.3 is 0 Å². The molecule has 0 bridgehead atoms. The third-order valence-electron chi connectivity index (χ3n) is 4.55. The van der Waals surface area contributed by atoms with Gasteiger partial charge in [0.15, 0.2) is 0 Å². The van der Waals surface area contributed by atoms with E-state index in [1.807, 2.05) is 17.0 Å². The van der Waals surface area contributed by atoms with E-state index in [4.69, 9.17) is 4.74 Å². The lowest BCUT2D eigenvalue weighted by molar-refractivity contribution is -0.384. The topological polar surface area (TPSA) is 75.9 Å². The Balaban J connectivity index is 1.57. The van der Waals surface area contributed by atoms with Crippen LogP contribution in [0.15, 0.2) is 48.5 Å². The molecular weight excluding hydrogens is 334 g/mol. The first-order valence-corrected chi connectivity index (χ1v) is 8.46. The van der Waals surface area contributed by atoms with Crippen LogP contribution in [0, 0.1) is 10.1 Å². The number of nitro benzene ring substituents is 1. The van der Waals surface area contributed by atoms with Crippen molar-refractivity contribution in [3.63, 3.8) is 0 Å². The van der Waals surface area contributed by atoms with Crippen LogP contribution in [0.3, 0.4) is 0 Å². The highest BCUT2D eigenvalue weighted by atomic mass is 16.6. The average molecular weight is 355 g/mol. The third kappa shape index (κ3) is 4.00. The molecule has 0 atom stereocenters. The van der Waals surface area contributed by atoms with Crippen molar-refractivity contribution in [2.24, 2.45) is 0 Å². The summed E-state index contributed by atoms with van der Waals surface area (Å²) in [5, 5.41) is 10.7. The van der Waals surface area contributed by atoms with Crippen molar-refractivity contribution in [2.75, 3.05) is 33.3 Å². The zero-order chi connectivity index (χ0) is 18.5. The van der Waals surface area contributed by atoms with Crippen LogP contribution < -0.4 is 4.74 Å². The van der Waals surface area contributed by atoms with E-state index < -0.39 is 4.92 Å². The highest BCUT2D eigenvalue weighted by Crippen LogP contribution is 2.20. The van der Waals surface area contributed by atoms with Gasteiger partial charge in [0.1, 0.15) is 5.75 Å². The molecule has 2 aromatic carbocycles. The van der Waals surface area contributed by atoms with Gasteiger partial charge in [0, 0.05) is 44.9 Å². The maximum Gasteiger partial charge on any atom is 0.269 e. The van der Waals surface area contributed by atoms with Gasteiger partial charge in [-0.15, -0.1) is 0 Å². The van der Waals surface area contributed by atoms with Crippen molar-refractivity contribution in [1.82, 2.24) is 9.80 Å². The van der Waals surface area contributed by atoms with Crippen LogP contribution in [0.5, 0.6) is 5.75 Å². The number of piperazine rings is 1. The zero-order valence-corrected chi connectivity index (χ0v) is 14.6. The van der Waals surface area contributed by atoms with E-state index in [9.17, 15) is 14.9 Å². The standard InChI is InChI=1S/C19H21N3O4/c1-26-18-5-3-2-4-17(18)19(23)21-12-10-20(11-13-21)14-15-6-8-16(9-7-15)22(24)25/h2-9H,10-14H2,1H3.